The van der Waals surface area contributed by atoms with Crippen LogP contribution in [0, 0.1) is 0 Å². The minimum absolute atomic E-state index is 0.103. The Morgan fingerprint density at radius 3 is 2.37 bits per heavy atom. The number of ether oxygens (including phenoxy) is 1. The van der Waals surface area contributed by atoms with E-state index in [0.717, 1.165) is 25.7 Å². The highest BCUT2D eigenvalue weighted by molar-refractivity contribution is 5.68. The molecule has 0 aromatic rings. The van der Waals surface area contributed by atoms with Crippen LogP contribution in [0.5, 0.6) is 0 Å². The molecule has 19 heavy (non-hydrogen) atoms. The summed E-state index contributed by atoms with van der Waals surface area (Å²) in [6.07, 6.45) is 7.29. The summed E-state index contributed by atoms with van der Waals surface area (Å²) in [5.41, 5.74) is 5.31. The largest absolute Gasteiger partial charge is 0.444 e. The second-order valence-electron chi connectivity index (χ2n) is 6.98. The van der Waals surface area contributed by atoms with Crippen molar-refractivity contribution >= 4 is 6.09 Å². The molecule has 112 valence electrons. The Bertz CT molecular complexity index is 289. The number of nitrogens with one attached hydrogen (secondary N) is 1. The number of carbonyl (C=O) groups excluding carboxylic acids is 1. The maximum absolute atomic E-state index is 12.0. The Labute approximate surface area is 117 Å². The van der Waals surface area contributed by atoms with Gasteiger partial charge in [0, 0.05) is 11.6 Å². The van der Waals surface area contributed by atoms with Gasteiger partial charge in [-0.3, -0.25) is 0 Å². The van der Waals surface area contributed by atoms with Crippen LogP contribution < -0.4 is 11.1 Å². The van der Waals surface area contributed by atoms with Crippen molar-refractivity contribution in [3.8, 4) is 0 Å². The fourth-order valence-corrected chi connectivity index (χ4v) is 2.69. The molecule has 0 heterocycles. The SMILES string of the molecule is CC(N)CCC1(NC(=O)OC(C)(C)C)CCCCC1. The average molecular weight is 270 g/mol. The standard InChI is InChI=1S/C15H30N2O2/c1-12(16)8-11-15(9-6-5-7-10-15)17-13(18)19-14(2,3)4/h12H,5-11,16H2,1-4H3,(H,17,18). The van der Waals surface area contributed by atoms with E-state index in [0.29, 0.717) is 0 Å². The highest BCUT2D eigenvalue weighted by Crippen LogP contribution is 2.32. The Kier molecular flexibility index (Phi) is 5.65. The molecule has 4 nitrogen and oxygen atoms in total. The van der Waals surface area contributed by atoms with E-state index in [1.54, 1.807) is 0 Å². The predicted molar refractivity (Wildman–Crippen MR) is 78.1 cm³/mol. The van der Waals surface area contributed by atoms with Crippen LogP contribution in [0.3, 0.4) is 0 Å². The fourth-order valence-electron chi connectivity index (χ4n) is 2.69. The van der Waals surface area contributed by atoms with E-state index in [4.69, 9.17) is 10.5 Å². The highest BCUT2D eigenvalue weighted by Gasteiger charge is 2.34. The Balaban J connectivity index is 2.60. The molecule has 1 fully saturated rings. The lowest BCUT2D eigenvalue weighted by atomic mass is 9.78. The van der Waals surface area contributed by atoms with Gasteiger partial charge in [0.1, 0.15) is 5.60 Å². The first-order valence-corrected chi connectivity index (χ1v) is 7.49. The van der Waals surface area contributed by atoms with E-state index in [-0.39, 0.29) is 17.7 Å². The van der Waals surface area contributed by atoms with Gasteiger partial charge in [-0.05, 0) is 53.4 Å². The second-order valence-corrected chi connectivity index (χ2v) is 6.98. The molecule has 1 saturated carbocycles. The molecule has 4 heteroatoms. The Hall–Kier alpha value is -0.770. The van der Waals surface area contributed by atoms with Gasteiger partial charge in [0.2, 0.25) is 0 Å². The van der Waals surface area contributed by atoms with Gasteiger partial charge in [0.05, 0.1) is 0 Å². The van der Waals surface area contributed by atoms with Crippen LogP contribution in [-0.4, -0.2) is 23.3 Å². The molecule has 1 rings (SSSR count). The molecule has 0 bridgehead atoms. The predicted octanol–water partition coefficient (Wildman–Crippen LogP) is 3.34. The van der Waals surface area contributed by atoms with Gasteiger partial charge in [-0.2, -0.15) is 0 Å². The smallest absolute Gasteiger partial charge is 0.408 e. The van der Waals surface area contributed by atoms with E-state index < -0.39 is 5.60 Å². The molecule has 1 unspecified atom stereocenters. The van der Waals surface area contributed by atoms with E-state index in [1.165, 1.54) is 19.3 Å². The molecule has 0 radical (unpaired) electrons. The summed E-state index contributed by atoms with van der Waals surface area (Å²) >= 11 is 0. The van der Waals surface area contributed by atoms with Crippen LogP contribution in [0.25, 0.3) is 0 Å². The van der Waals surface area contributed by atoms with Crippen molar-refractivity contribution in [1.82, 2.24) is 5.32 Å². The zero-order valence-corrected chi connectivity index (χ0v) is 12.9. The van der Waals surface area contributed by atoms with Crippen LogP contribution >= 0.6 is 0 Å². The van der Waals surface area contributed by atoms with Gasteiger partial charge in [0.15, 0.2) is 0 Å². The molecule has 0 aromatic heterocycles. The summed E-state index contributed by atoms with van der Waals surface area (Å²) in [4.78, 5) is 12.0. The summed E-state index contributed by atoms with van der Waals surface area (Å²) in [5, 5.41) is 3.13. The van der Waals surface area contributed by atoms with Gasteiger partial charge in [-0.15, -0.1) is 0 Å². The summed E-state index contributed by atoms with van der Waals surface area (Å²) in [6, 6.07) is 0.180. The molecule has 1 aliphatic carbocycles. The molecular formula is C15H30N2O2. The third-order valence-corrected chi connectivity index (χ3v) is 3.66. The first kappa shape index (κ1) is 16.3. The number of hydrogen-bond donors (Lipinski definition) is 2. The first-order chi connectivity index (χ1) is 8.72. The van der Waals surface area contributed by atoms with E-state index in [2.05, 4.69) is 5.32 Å². The lowest BCUT2D eigenvalue weighted by Gasteiger charge is -2.39. The number of nitrogens with two attached hydrogens (primary N) is 1. The number of hydrogen-bond acceptors (Lipinski definition) is 3. The molecule has 0 aromatic carbocycles. The molecule has 0 aliphatic heterocycles. The molecule has 0 spiro atoms. The Morgan fingerprint density at radius 1 is 1.32 bits per heavy atom. The van der Waals surface area contributed by atoms with Crippen LogP contribution in [0.15, 0.2) is 0 Å². The van der Waals surface area contributed by atoms with Gasteiger partial charge in [-0.1, -0.05) is 19.3 Å². The molecule has 0 saturated heterocycles. The third-order valence-electron chi connectivity index (χ3n) is 3.66. The average Bonchev–Trinajstić information content (AvgIpc) is 2.25. The van der Waals surface area contributed by atoms with E-state index in [1.807, 2.05) is 27.7 Å². The third kappa shape index (κ3) is 6.28. The van der Waals surface area contributed by atoms with Gasteiger partial charge >= 0.3 is 6.09 Å². The summed E-state index contributed by atoms with van der Waals surface area (Å²) in [6.45, 7) is 7.69. The molecule has 1 aliphatic rings. The summed E-state index contributed by atoms with van der Waals surface area (Å²) < 4.78 is 5.39. The number of amides is 1. The zero-order valence-electron chi connectivity index (χ0n) is 12.9. The zero-order chi connectivity index (χ0) is 14.5. The molecule has 3 N–H and O–H groups in total. The lowest BCUT2D eigenvalue weighted by Crippen LogP contribution is -2.51. The van der Waals surface area contributed by atoms with Crippen LogP contribution in [0.1, 0.15) is 72.6 Å². The maximum atomic E-state index is 12.0. The normalized spacial score (nSPS) is 20.7. The minimum Gasteiger partial charge on any atom is -0.444 e. The lowest BCUT2D eigenvalue weighted by molar-refractivity contribution is 0.0412. The van der Waals surface area contributed by atoms with Gasteiger partial charge in [0.25, 0.3) is 0 Å². The van der Waals surface area contributed by atoms with Crippen LogP contribution in [-0.2, 0) is 4.74 Å². The quantitative estimate of drug-likeness (QED) is 0.823. The van der Waals surface area contributed by atoms with Crippen molar-refractivity contribution in [3.63, 3.8) is 0 Å². The van der Waals surface area contributed by atoms with Crippen molar-refractivity contribution < 1.29 is 9.53 Å². The van der Waals surface area contributed by atoms with E-state index >= 15 is 0 Å². The first-order valence-electron chi connectivity index (χ1n) is 7.49. The summed E-state index contributed by atoms with van der Waals surface area (Å²) in [5.74, 6) is 0. The number of carbonyl (C=O) groups is 1. The second kappa shape index (κ2) is 6.60. The topological polar surface area (TPSA) is 64.3 Å². The van der Waals surface area contributed by atoms with Crippen molar-refractivity contribution in [1.29, 1.82) is 0 Å². The number of rotatable bonds is 4. The Morgan fingerprint density at radius 2 is 1.89 bits per heavy atom. The maximum Gasteiger partial charge on any atom is 0.408 e. The molecule has 1 atom stereocenters. The minimum atomic E-state index is -0.443. The fraction of sp³-hybridized carbons (Fsp3) is 0.933. The summed E-state index contributed by atoms with van der Waals surface area (Å²) in [7, 11) is 0. The van der Waals surface area contributed by atoms with Crippen molar-refractivity contribution in [2.24, 2.45) is 5.73 Å². The van der Waals surface area contributed by atoms with Gasteiger partial charge < -0.3 is 15.8 Å². The molecular weight excluding hydrogens is 240 g/mol. The van der Waals surface area contributed by atoms with Crippen molar-refractivity contribution in [2.75, 3.05) is 0 Å². The molecule has 1 amide bonds. The van der Waals surface area contributed by atoms with Crippen LogP contribution in [0.4, 0.5) is 4.79 Å². The van der Waals surface area contributed by atoms with E-state index in [9.17, 15) is 4.79 Å². The van der Waals surface area contributed by atoms with Crippen molar-refractivity contribution in [3.05, 3.63) is 0 Å². The number of alkyl carbamates (subject to hydrolysis) is 1. The van der Waals surface area contributed by atoms with Crippen molar-refractivity contribution in [2.45, 2.75) is 89.8 Å². The van der Waals surface area contributed by atoms with Crippen LogP contribution in [0.2, 0.25) is 0 Å². The van der Waals surface area contributed by atoms with Gasteiger partial charge in [-0.25, -0.2) is 4.79 Å². The highest BCUT2D eigenvalue weighted by atomic mass is 16.6. The monoisotopic (exact) mass is 270 g/mol.